The summed E-state index contributed by atoms with van der Waals surface area (Å²) in [6.07, 6.45) is 4.59. The third kappa shape index (κ3) is 4.18. The molecule has 1 amide bonds. The second kappa shape index (κ2) is 7.39. The molecule has 0 unspecified atom stereocenters. The maximum absolute atomic E-state index is 12.7. The van der Waals surface area contributed by atoms with Crippen LogP contribution in [-0.4, -0.2) is 39.2 Å². The number of carbonyl (C=O) groups is 1. The fraction of sp³-hybridized carbons (Fsp3) is 0.500. The molecule has 3 aliphatic rings. The van der Waals surface area contributed by atoms with Gasteiger partial charge >= 0.3 is 6.36 Å². The number of halogens is 3. The van der Waals surface area contributed by atoms with Gasteiger partial charge < -0.3 is 15.0 Å². The van der Waals surface area contributed by atoms with E-state index in [4.69, 9.17) is 0 Å². The number of likely N-dealkylation sites (tertiary alicyclic amines) is 1. The van der Waals surface area contributed by atoms with Crippen LogP contribution in [0.1, 0.15) is 65.9 Å². The van der Waals surface area contributed by atoms with Gasteiger partial charge in [0.05, 0.1) is 5.56 Å². The lowest BCUT2D eigenvalue weighted by Crippen LogP contribution is -2.65. The predicted molar refractivity (Wildman–Crippen MR) is 107 cm³/mol. The molecule has 2 aromatic rings. The fourth-order valence-corrected chi connectivity index (χ4v) is 4.46. The molecule has 1 saturated heterocycles. The van der Waals surface area contributed by atoms with Crippen molar-refractivity contribution in [1.29, 1.82) is 0 Å². The second-order valence-corrected chi connectivity index (χ2v) is 8.67. The Hall–Kier alpha value is -2.84. The quantitative estimate of drug-likeness (QED) is 0.721. The van der Waals surface area contributed by atoms with Crippen LogP contribution in [0.2, 0.25) is 0 Å². The van der Waals surface area contributed by atoms with Crippen LogP contribution in [0.4, 0.5) is 19.1 Å². The molecule has 0 atom stereocenters. The standard InChI is InChI=1S/C22H23F3N4O2/c23-22(24,25)31-18-9-14(8-16(10-18)15-2-3-15)11-26-20-27-12-17(13-28-20)19(30)29-7-6-21(29)4-1-5-21/h8-10,12-13,15H,1-7,11H2,(H,26,27,28). The summed E-state index contributed by atoms with van der Waals surface area (Å²) >= 11 is 0. The summed E-state index contributed by atoms with van der Waals surface area (Å²) in [6.45, 7) is 1.02. The molecule has 6 nitrogen and oxygen atoms in total. The lowest BCUT2D eigenvalue weighted by molar-refractivity contribution is -0.274. The van der Waals surface area contributed by atoms with Gasteiger partial charge in [0.15, 0.2) is 0 Å². The first kappa shape index (κ1) is 20.1. The van der Waals surface area contributed by atoms with E-state index in [1.54, 1.807) is 0 Å². The number of alkyl halides is 3. The molecule has 164 valence electrons. The van der Waals surface area contributed by atoms with E-state index in [0.29, 0.717) is 17.1 Å². The zero-order valence-corrected chi connectivity index (χ0v) is 16.9. The molecule has 1 aromatic carbocycles. The lowest BCUT2D eigenvalue weighted by atomic mass is 9.67. The zero-order chi connectivity index (χ0) is 21.6. The fourth-order valence-electron chi connectivity index (χ4n) is 4.46. The van der Waals surface area contributed by atoms with E-state index in [2.05, 4.69) is 20.0 Å². The van der Waals surface area contributed by atoms with Crippen molar-refractivity contribution in [2.45, 2.75) is 62.9 Å². The van der Waals surface area contributed by atoms with E-state index in [0.717, 1.165) is 44.2 Å². The van der Waals surface area contributed by atoms with E-state index in [1.165, 1.54) is 30.9 Å². The van der Waals surface area contributed by atoms with Crippen molar-refractivity contribution >= 4 is 11.9 Å². The molecule has 2 aliphatic carbocycles. The monoisotopic (exact) mass is 432 g/mol. The molecule has 9 heteroatoms. The second-order valence-electron chi connectivity index (χ2n) is 8.67. The van der Waals surface area contributed by atoms with Crippen LogP contribution in [0.25, 0.3) is 0 Å². The highest BCUT2D eigenvalue weighted by molar-refractivity contribution is 5.95. The van der Waals surface area contributed by atoms with Crippen LogP contribution in [0, 0.1) is 0 Å². The molecule has 5 rings (SSSR count). The van der Waals surface area contributed by atoms with E-state index >= 15 is 0 Å². The van der Waals surface area contributed by atoms with E-state index in [-0.39, 0.29) is 29.7 Å². The van der Waals surface area contributed by atoms with Crippen molar-refractivity contribution < 1.29 is 22.7 Å². The van der Waals surface area contributed by atoms with E-state index < -0.39 is 6.36 Å². The molecule has 2 saturated carbocycles. The van der Waals surface area contributed by atoms with Crippen LogP contribution in [0.3, 0.4) is 0 Å². The van der Waals surface area contributed by atoms with Gasteiger partial charge in [0.2, 0.25) is 5.95 Å². The van der Waals surface area contributed by atoms with Crippen LogP contribution in [0.15, 0.2) is 30.6 Å². The molecular weight excluding hydrogens is 409 g/mol. The van der Waals surface area contributed by atoms with Crippen LogP contribution >= 0.6 is 0 Å². The number of nitrogens with one attached hydrogen (secondary N) is 1. The van der Waals surface area contributed by atoms with Crippen molar-refractivity contribution in [3.63, 3.8) is 0 Å². The molecule has 1 aliphatic heterocycles. The number of amides is 1. The first-order valence-corrected chi connectivity index (χ1v) is 10.6. The predicted octanol–water partition coefficient (Wildman–Crippen LogP) is 4.63. The minimum Gasteiger partial charge on any atom is -0.406 e. The van der Waals surface area contributed by atoms with Crippen LogP contribution in [-0.2, 0) is 6.54 Å². The Morgan fingerprint density at radius 1 is 1.16 bits per heavy atom. The summed E-state index contributed by atoms with van der Waals surface area (Å²) in [7, 11) is 0. The molecule has 1 spiro atoms. The highest BCUT2D eigenvalue weighted by Crippen LogP contribution is 2.47. The van der Waals surface area contributed by atoms with Crippen molar-refractivity contribution in [3.05, 3.63) is 47.3 Å². The van der Waals surface area contributed by atoms with Crippen LogP contribution < -0.4 is 10.1 Å². The average Bonchev–Trinajstić information content (AvgIpc) is 3.48. The highest BCUT2D eigenvalue weighted by Gasteiger charge is 2.51. The summed E-state index contributed by atoms with van der Waals surface area (Å²) < 4.78 is 42.1. The third-order valence-electron chi connectivity index (χ3n) is 6.52. The number of anilines is 1. The third-order valence-corrected chi connectivity index (χ3v) is 6.52. The van der Waals surface area contributed by atoms with Crippen molar-refractivity contribution in [1.82, 2.24) is 14.9 Å². The molecule has 0 bridgehead atoms. The largest absolute Gasteiger partial charge is 0.573 e. The normalized spacial score (nSPS) is 19.5. The zero-order valence-electron chi connectivity index (χ0n) is 16.9. The summed E-state index contributed by atoms with van der Waals surface area (Å²) in [5, 5.41) is 3.02. The molecule has 1 aromatic heterocycles. The number of hydrogen-bond acceptors (Lipinski definition) is 5. The first-order valence-electron chi connectivity index (χ1n) is 10.6. The Morgan fingerprint density at radius 3 is 2.45 bits per heavy atom. The number of nitrogens with zero attached hydrogens (tertiary/aromatic N) is 3. The van der Waals surface area contributed by atoms with Gasteiger partial charge in [-0.15, -0.1) is 13.2 Å². The van der Waals surface area contributed by atoms with Gasteiger partial charge in [0, 0.05) is 31.0 Å². The minimum atomic E-state index is -4.73. The lowest BCUT2D eigenvalue weighted by Gasteiger charge is -2.58. The van der Waals surface area contributed by atoms with Crippen molar-refractivity contribution in [2.75, 3.05) is 11.9 Å². The number of ether oxygens (including phenoxy) is 1. The van der Waals surface area contributed by atoms with Crippen molar-refractivity contribution in [2.24, 2.45) is 0 Å². The first-order chi connectivity index (χ1) is 14.8. The Balaban J connectivity index is 1.24. The van der Waals surface area contributed by atoms with Crippen molar-refractivity contribution in [3.8, 4) is 5.75 Å². The number of carbonyl (C=O) groups excluding carboxylic acids is 1. The molecule has 1 N–H and O–H groups in total. The number of hydrogen-bond donors (Lipinski definition) is 1. The van der Waals surface area contributed by atoms with Gasteiger partial charge in [0.25, 0.3) is 5.91 Å². The SMILES string of the molecule is O=C(c1cnc(NCc2cc(OC(F)(F)F)cc(C3CC3)c2)nc1)N1CCC12CCC2. The Morgan fingerprint density at radius 2 is 1.90 bits per heavy atom. The van der Waals surface area contributed by atoms with Gasteiger partial charge in [-0.3, -0.25) is 4.79 Å². The van der Waals surface area contributed by atoms with E-state index in [9.17, 15) is 18.0 Å². The Bertz CT molecular complexity index is 980. The maximum Gasteiger partial charge on any atom is 0.573 e. The minimum absolute atomic E-state index is 0.0384. The summed E-state index contributed by atoms with van der Waals surface area (Å²) in [6, 6.07) is 4.70. The van der Waals surface area contributed by atoms with Gasteiger partial charge in [-0.25, -0.2) is 9.97 Å². The highest BCUT2D eigenvalue weighted by atomic mass is 19.4. The van der Waals surface area contributed by atoms with Gasteiger partial charge in [0.1, 0.15) is 5.75 Å². The molecule has 3 fully saturated rings. The van der Waals surface area contributed by atoms with Gasteiger partial charge in [-0.1, -0.05) is 6.07 Å². The number of aromatic nitrogens is 2. The van der Waals surface area contributed by atoms with Gasteiger partial charge in [-0.05, 0) is 67.7 Å². The van der Waals surface area contributed by atoms with Gasteiger partial charge in [-0.2, -0.15) is 0 Å². The van der Waals surface area contributed by atoms with Crippen LogP contribution in [0.5, 0.6) is 5.75 Å². The average molecular weight is 432 g/mol. The molecule has 0 radical (unpaired) electrons. The summed E-state index contributed by atoms with van der Waals surface area (Å²) in [5.74, 6) is 0.352. The molecule has 31 heavy (non-hydrogen) atoms. The topological polar surface area (TPSA) is 67.3 Å². The molecule has 2 heterocycles. The smallest absolute Gasteiger partial charge is 0.406 e. The Kier molecular flexibility index (Phi) is 4.79. The number of rotatable bonds is 6. The molecular formula is C22H23F3N4O2. The number of benzene rings is 1. The Labute approximate surface area is 177 Å². The van der Waals surface area contributed by atoms with E-state index in [1.807, 2.05) is 11.0 Å². The summed E-state index contributed by atoms with van der Waals surface area (Å²) in [5.41, 5.74) is 2.02. The maximum atomic E-state index is 12.7. The summed E-state index contributed by atoms with van der Waals surface area (Å²) in [4.78, 5) is 23.1.